The molecule has 2 amide bonds. The second-order valence-electron chi connectivity index (χ2n) is 5.88. The van der Waals surface area contributed by atoms with Gasteiger partial charge in [-0.05, 0) is 42.0 Å². The maximum Gasteiger partial charge on any atom is 0.253 e. The number of ether oxygens (including phenoxy) is 1. The van der Waals surface area contributed by atoms with Crippen LogP contribution in [0.15, 0.2) is 71.3 Å². The third-order valence-electron chi connectivity index (χ3n) is 3.97. The van der Waals surface area contributed by atoms with Crippen molar-refractivity contribution in [3.05, 3.63) is 83.8 Å². The van der Waals surface area contributed by atoms with E-state index in [4.69, 9.17) is 9.15 Å². The molecule has 3 rings (SSSR count). The van der Waals surface area contributed by atoms with Crippen molar-refractivity contribution in [3.8, 4) is 5.75 Å². The van der Waals surface area contributed by atoms with Crippen LogP contribution < -0.4 is 15.4 Å². The van der Waals surface area contributed by atoms with Gasteiger partial charge >= 0.3 is 0 Å². The first kappa shape index (κ1) is 18.3. The second-order valence-corrected chi connectivity index (χ2v) is 5.88. The predicted molar refractivity (Wildman–Crippen MR) is 102 cm³/mol. The average molecular weight is 364 g/mol. The fourth-order valence-electron chi connectivity index (χ4n) is 2.59. The molecule has 2 N–H and O–H groups in total. The molecule has 6 nitrogen and oxygen atoms in total. The van der Waals surface area contributed by atoms with Crippen molar-refractivity contribution in [3.63, 3.8) is 0 Å². The molecular weight excluding hydrogens is 344 g/mol. The maximum atomic E-state index is 12.5. The van der Waals surface area contributed by atoms with Crippen LogP contribution in [0, 0.1) is 0 Å². The van der Waals surface area contributed by atoms with Crippen molar-refractivity contribution in [2.75, 3.05) is 12.4 Å². The van der Waals surface area contributed by atoms with Gasteiger partial charge in [-0.25, -0.2) is 0 Å². The Hall–Kier alpha value is -3.54. The topological polar surface area (TPSA) is 80.6 Å². The lowest BCUT2D eigenvalue weighted by atomic mass is 10.1. The minimum atomic E-state index is -0.285. The summed E-state index contributed by atoms with van der Waals surface area (Å²) >= 11 is 0. The number of benzene rings is 2. The summed E-state index contributed by atoms with van der Waals surface area (Å²) in [6.07, 6.45) is 1.75. The molecule has 0 unspecified atom stereocenters. The molecule has 6 heteroatoms. The molecule has 0 aliphatic heterocycles. The lowest BCUT2D eigenvalue weighted by Crippen LogP contribution is -2.25. The van der Waals surface area contributed by atoms with Crippen molar-refractivity contribution in [1.29, 1.82) is 0 Å². The van der Waals surface area contributed by atoms with Gasteiger partial charge in [0.25, 0.3) is 5.91 Å². The van der Waals surface area contributed by atoms with Crippen LogP contribution in [0.3, 0.4) is 0 Å². The Morgan fingerprint density at radius 1 is 1.00 bits per heavy atom. The number of carbonyl (C=O) groups excluding carboxylic acids is 2. The van der Waals surface area contributed by atoms with Crippen molar-refractivity contribution in [1.82, 2.24) is 5.32 Å². The van der Waals surface area contributed by atoms with Crippen molar-refractivity contribution in [2.24, 2.45) is 0 Å². The number of hydrogen-bond donors (Lipinski definition) is 2. The van der Waals surface area contributed by atoms with E-state index in [0.717, 1.165) is 11.3 Å². The zero-order chi connectivity index (χ0) is 19.1. The summed E-state index contributed by atoms with van der Waals surface area (Å²) in [6, 6.07) is 17.7. The second kappa shape index (κ2) is 8.71. The standard InChI is InChI=1S/C21H20N2O4/c1-26-16-10-8-15(9-11-16)13-20(24)23-19-7-3-2-6-18(19)21(25)22-14-17-5-4-12-27-17/h2-12H,13-14H2,1H3,(H,22,25)(H,23,24). The van der Waals surface area contributed by atoms with Crippen molar-refractivity contribution in [2.45, 2.75) is 13.0 Å². The molecule has 0 saturated heterocycles. The monoisotopic (exact) mass is 364 g/mol. The van der Waals surface area contributed by atoms with Crippen LogP contribution in [-0.4, -0.2) is 18.9 Å². The Balaban J connectivity index is 1.63. The maximum absolute atomic E-state index is 12.5. The largest absolute Gasteiger partial charge is 0.497 e. The zero-order valence-electron chi connectivity index (χ0n) is 14.9. The number of para-hydroxylation sites is 1. The van der Waals surface area contributed by atoms with Gasteiger partial charge in [0.05, 0.1) is 37.6 Å². The molecule has 0 aliphatic carbocycles. The molecule has 0 radical (unpaired) electrons. The summed E-state index contributed by atoms with van der Waals surface area (Å²) in [6.45, 7) is 0.278. The lowest BCUT2D eigenvalue weighted by Gasteiger charge is -2.11. The van der Waals surface area contributed by atoms with Gasteiger partial charge < -0.3 is 19.8 Å². The molecule has 3 aromatic rings. The highest BCUT2D eigenvalue weighted by Gasteiger charge is 2.13. The summed E-state index contributed by atoms with van der Waals surface area (Å²) in [5.41, 5.74) is 1.72. The number of amides is 2. The summed E-state index contributed by atoms with van der Waals surface area (Å²) in [5, 5.41) is 5.59. The minimum absolute atomic E-state index is 0.201. The van der Waals surface area contributed by atoms with Crippen molar-refractivity contribution >= 4 is 17.5 Å². The third-order valence-corrected chi connectivity index (χ3v) is 3.97. The van der Waals surface area contributed by atoms with Crippen molar-refractivity contribution < 1.29 is 18.7 Å². The molecule has 0 atom stereocenters. The Morgan fingerprint density at radius 2 is 1.78 bits per heavy atom. The van der Waals surface area contributed by atoms with E-state index in [0.29, 0.717) is 17.0 Å². The Bertz CT molecular complexity index is 902. The van der Waals surface area contributed by atoms with E-state index in [-0.39, 0.29) is 24.8 Å². The molecule has 0 bridgehead atoms. The first-order valence-corrected chi connectivity index (χ1v) is 8.48. The Labute approximate surface area is 157 Å². The van der Waals surface area contributed by atoms with Gasteiger partial charge in [0, 0.05) is 0 Å². The van der Waals surface area contributed by atoms with Gasteiger partial charge in [-0.1, -0.05) is 24.3 Å². The molecule has 0 saturated carbocycles. The summed E-state index contributed by atoms with van der Waals surface area (Å²) in [4.78, 5) is 24.8. The van der Waals surface area contributed by atoms with E-state index in [9.17, 15) is 9.59 Å². The minimum Gasteiger partial charge on any atom is -0.497 e. The lowest BCUT2D eigenvalue weighted by molar-refractivity contribution is -0.115. The first-order valence-electron chi connectivity index (χ1n) is 8.48. The highest BCUT2D eigenvalue weighted by molar-refractivity contribution is 6.04. The fraction of sp³-hybridized carbons (Fsp3) is 0.143. The highest BCUT2D eigenvalue weighted by atomic mass is 16.5. The molecule has 0 aliphatic rings. The van der Waals surface area contributed by atoms with Crippen LogP contribution in [0.5, 0.6) is 5.75 Å². The number of anilines is 1. The number of nitrogens with one attached hydrogen (secondary N) is 2. The molecule has 2 aromatic carbocycles. The van der Waals surface area contributed by atoms with E-state index >= 15 is 0 Å². The zero-order valence-corrected chi connectivity index (χ0v) is 14.9. The number of hydrogen-bond acceptors (Lipinski definition) is 4. The smallest absolute Gasteiger partial charge is 0.253 e. The predicted octanol–water partition coefficient (Wildman–Crippen LogP) is 3.40. The number of methoxy groups -OCH3 is 1. The molecule has 0 spiro atoms. The quantitative estimate of drug-likeness (QED) is 0.673. The van der Waals surface area contributed by atoms with Gasteiger partial charge in [0.1, 0.15) is 11.5 Å². The fourth-order valence-corrected chi connectivity index (χ4v) is 2.59. The number of rotatable bonds is 7. The molecule has 27 heavy (non-hydrogen) atoms. The van der Waals surface area contributed by atoms with E-state index in [2.05, 4.69) is 10.6 Å². The van der Waals surface area contributed by atoms with Crippen LogP contribution in [0.4, 0.5) is 5.69 Å². The van der Waals surface area contributed by atoms with Gasteiger partial charge in [-0.3, -0.25) is 9.59 Å². The number of furan rings is 1. The Kier molecular flexibility index (Phi) is 5.89. The molecule has 1 heterocycles. The van der Waals surface area contributed by atoms with Crippen LogP contribution in [-0.2, 0) is 17.8 Å². The SMILES string of the molecule is COc1ccc(CC(=O)Nc2ccccc2C(=O)NCc2ccco2)cc1. The van der Waals surface area contributed by atoms with Gasteiger partial charge in [-0.15, -0.1) is 0 Å². The highest BCUT2D eigenvalue weighted by Crippen LogP contribution is 2.17. The molecular formula is C21H20N2O4. The van der Waals surface area contributed by atoms with Crippen LogP contribution in [0.2, 0.25) is 0 Å². The summed E-state index contributed by atoms with van der Waals surface area (Å²) in [5.74, 6) is 0.903. The van der Waals surface area contributed by atoms with Gasteiger partial charge in [0.15, 0.2) is 0 Å². The van der Waals surface area contributed by atoms with Gasteiger partial charge in [-0.2, -0.15) is 0 Å². The van der Waals surface area contributed by atoms with Gasteiger partial charge in [0.2, 0.25) is 5.91 Å². The van der Waals surface area contributed by atoms with Crippen LogP contribution in [0.25, 0.3) is 0 Å². The van der Waals surface area contributed by atoms with E-state index in [1.165, 1.54) is 0 Å². The Morgan fingerprint density at radius 3 is 2.48 bits per heavy atom. The van der Waals surface area contributed by atoms with Crippen LogP contribution >= 0.6 is 0 Å². The van der Waals surface area contributed by atoms with E-state index in [1.807, 2.05) is 12.1 Å². The average Bonchev–Trinajstić information content (AvgIpc) is 3.21. The summed E-state index contributed by atoms with van der Waals surface area (Å²) in [7, 11) is 1.59. The van der Waals surface area contributed by atoms with Crippen LogP contribution in [0.1, 0.15) is 21.7 Å². The first-order chi connectivity index (χ1) is 13.2. The normalized spacial score (nSPS) is 10.3. The van der Waals surface area contributed by atoms with E-state index < -0.39 is 0 Å². The third kappa shape index (κ3) is 4.98. The number of carbonyl (C=O) groups is 2. The molecule has 1 aromatic heterocycles. The molecule has 0 fully saturated rings. The molecule has 138 valence electrons. The van der Waals surface area contributed by atoms with E-state index in [1.54, 1.807) is 61.9 Å². The summed E-state index contributed by atoms with van der Waals surface area (Å²) < 4.78 is 10.3.